The van der Waals surface area contributed by atoms with Crippen LogP contribution in [0.25, 0.3) is 0 Å². The Balaban J connectivity index is 1.81. The first-order valence-electron chi connectivity index (χ1n) is 6.88. The Labute approximate surface area is 118 Å². The predicted octanol–water partition coefficient (Wildman–Crippen LogP) is 0.962. The van der Waals surface area contributed by atoms with Crippen LogP contribution in [-0.2, 0) is 16.0 Å². The lowest BCUT2D eigenvalue weighted by atomic mass is 10.1. The number of nitrogens with two attached hydrogens (primary N) is 1. The number of rotatable bonds is 6. The largest absolute Gasteiger partial charge is 0.492 e. The van der Waals surface area contributed by atoms with Gasteiger partial charge in [-0.3, -0.25) is 14.5 Å². The highest BCUT2D eigenvalue weighted by Gasteiger charge is 2.35. The number of amides is 2. The molecule has 5 heteroatoms. The fourth-order valence-corrected chi connectivity index (χ4v) is 2.26. The third-order valence-electron chi connectivity index (χ3n) is 3.41. The van der Waals surface area contributed by atoms with E-state index in [-0.39, 0.29) is 17.7 Å². The van der Waals surface area contributed by atoms with E-state index >= 15 is 0 Å². The number of hydrogen-bond donors (Lipinski definition) is 1. The Kier molecular flexibility index (Phi) is 4.74. The summed E-state index contributed by atoms with van der Waals surface area (Å²) in [5.74, 6) is 0.331. The quantitative estimate of drug-likeness (QED) is 0.786. The van der Waals surface area contributed by atoms with Crippen LogP contribution in [0.3, 0.4) is 0 Å². The second-order valence-corrected chi connectivity index (χ2v) is 5.02. The van der Waals surface area contributed by atoms with E-state index in [1.54, 1.807) is 6.92 Å². The van der Waals surface area contributed by atoms with Crippen molar-refractivity contribution in [1.82, 2.24) is 4.90 Å². The van der Waals surface area contributed by atoms with Crippen molar-refractivity contribution in [3.8, 4) is 5.75 Å². The number of carbonyl (C=O) groups is 2. The maximum absolute atomic E-state index is 11.7. The van der Waals surface area contributed by atoms with E-state index in [1.165, 1.54) is 10.5 Å². The molecule has 0 bridgehead atoms. The molecule has 5 nitrogen and oxygen atoms in total. The minimum Gasteiger partial charge on any atom is -0.492 e. The number of ether oxygens (including phenoxy) is 1. The third kappa shape index (κ3) is 3.36. The molecule has 1 aliphatic heterocycles. The van der Waals surface area contributed by atoms with E-state index in [2.05, 4.69) is 0 Å². The fourth-order valence-electron chi connectivity index (χ4n) is 2.26. The molecular weight excluding hydrogens is 256 g/mol. The second-order valence-electron chi connectivity index (χ2n) is 5.02. The molecule has 0 saturated carbocycles. The SMILES string of the molecule is CC1CC(=O)N(CCOc2ccc(CCN)cc2)C1=O. The summed E-state index contributed by atoms with van der Waals surface area (Å²) in [5.41, 5.74) is 6.65. The maximum atomic E-state index is 11.7. The van der Waals surface area contributed by atoms with Gasteiger partial charge in [0.15, 0.2) is 0 Å². The van der Waals surface area contributed by atoms with Crippen molar-refractivity contribution in [2.24, 2.45) is 11.7 Å². The first-order valence-corrected chi connectivity index (χ1v) is 6.88. The summed E-state index contributed by atoms with van der Waals surface area (Å²) < 4.78 is 5.56. The summed E-state index contributed by atoms with van der Waals surface area (Å²) >= 11 is 0. The molecule has 0 radical (unpaired) electrons. The smallest absolute Gasteiger partial charge is 0.232 e. The van der Waals surface area contributed by atoms with Gasteiger partial charge in [-0.25, -0.2) is 0 Å². The molecule has 0 spiro atoms. The molecule has 20 heavy (non-hydrogen) atoms. The molecule has 2 amide bonds. The van der Waals surface area contributed by atoms with E-state index < -0.39 is 0 Å². The van der Waals surface area contributed by atoms with E-state index in [4.69, 9.17) is 10.5 Å². The summed E-state index contributed by atoms with van der Waals surface area (Å²) in [5, 5.41) is 0. The number of likely N-dealkylation sites (tertiary alicyclic amines) is 1. The van der Waals surface area contributed by atoms with Gasteiger partial charge in [-0.1, -0.05) is 19.1 Å². The third-order valence-corrected chi connectivity index (χ3v) is 3.41. The van der Waals surface area contributed by atoms with Crippen LogP contribution >= 0.6 is 0 Å². The number of carbonyl (C=O) groups excluding carboxylic acids is 2. The zero-order chi connectivity index (χ0) is 14.5. The molecular formula is C15H20N2O3. The molecule has 1 aromatic rings. The van der Waals surface area contributed by atoms with Crippen molar-refractivity contribution in [3.63, 3.8) is 0 Å². The van der Waals surface area contributed by atoms with Crippen LogP contribution in [0, 0.1) is 5.92 Å². The maximum Gasteiger partial charge on any atom is 0.232 e. The monoisotopic (exact) mass is 276 g/mol. The standard InChI is InChI=1S/C15H20N2O3/c1-11-10-14(18)17(15(11)19)8-9-20-13-4-2-12(3-5-13)6-7-16/h2-5,11H,6-10,16H2,1H3. The minimum atomic E-state index is -0.196. The van der Waals surface area contributed by atoms with Gasteiger partial charge in [0.1, 0.15) is 12.4 Å². The molecule has 2 N–H and O–H groups in total. The van der Waals surface area contributed by atoms with Crippen LogP contribution in [0.4, 0.5) is 0 Å². The molecule has 1 atom stereocenters. The van der Waals surface area contributed by atoms with E-state index in [9.17, 15) is 9.59 Å². The van der Waals surface area contributed by atoms with Crippen molar-refractivity contribution in [1.29, 1.82) is 0 Å². The number of benzene rings is 1. The molecule has 1 heterocycles. The summed E-state index contributed by atoms with van der Waals surface area (Å²) in [6.07, 6.45) is 1.15. The van der Waals surface area contributed by atoms with Gasteiger partial charge in [-0.05, 0) is 30.7 Å². The number of imide groups is 1. The lowest BCUT2D eigenvalue weighted by molar-refractivity contribution is -0.139. The van der Waals surface area contributed by atoms with Crippen molar-refractivity contribution in [3.05, 3.63) is 29.8 Å². The first kappa shape index (κ1) is 14.5. The molecule has 0 aliphatic carbocycles. The van der Waals surface area contributed by atoms with E-state index in [1.807, 2.05) is 24.3 Å². The zero-order valence-electron chi connectivity index (χ0n) is 11.7. The van der Waals surface area contributed by atoms with Crippen molar-refractivity contribution < 1.29 is 14.3 Å². The van der Waals surface area contributed by atoms with Gasteiger partial charge in [0, 0.05) is 12.3 Å². The van der Waals surface area contributed by atoms with E-state index in [0.29, 0.717) is 26.1 Å². The van der Waals surface area contributed by atoms with Gasteiger partial charge in [0.2, 0.25) is 11.8 Å². The Morgan fingerprint density at radius 3 is 2.55 bits per heavy atom. The molecule has 1 saturated heterocycles. The first-order chi connectivity index (χ1) is 9.61. The van der Waals surface area contributed by atoms with Crippen LogP contribution in [0.5, 0.6) is 5.75 Å². The Morgan fingerprint density at radius 2 is 2.00 bits per heavy atom. The lowest BCUT2D eigenvalue weighted by Crippen LogP contribution is -2.34. The second kappa shape index (κ2) is 6.52. The molecule has 1 unspecified atom stereocenters. The lowest BCUT2D eigenvalue weighted by Gasteiger charge is -2.15. The van der Waals surface area contributed by atoms with Crippen LogP contribution in [-0.4, -0.2) is 36.4 Å². The van der Waals surface area contributed by atoms with Crippen molar-refractivity contribution in [2.75, 3.05) is 19.7 Å². The molecule has 2 rings (SSSR count). The Morgan fingerprint density at radius 1 is 1.30 bits per heavy atom. The Bertz CT molecular complexity index is 484. The summed E-state index contributed by atoms with van der Waals surface area (Å²) in [7, 11) is 0. The van der Waals surface area contributed by atoms with Crippen LogP contribution < -0.4 is 10.5 Å². The van der Waals surface area contributed by atoms with Gasteiger partial charge in [0.05, 0.1) is 6.54 Å². The summed E-state index contributed by atoms with van der Waals surface area (Å²) in [4.78, 5) is 24.6. The van der Waals surface area contributed by atoms with Gasteiger partial charge >= 0.3 is 0 Å². The highest BCUT2D eigenvalue weighted by molar-refractivity contribution is 6.03. The highest BCUT2D eigenvalue weighted by Crippen LogP contribution is 2.18. The van der Waals surface area contributed by atoms with Crippen LogP contribution in [0.1, 0.15) is 18.9 Å². The molecule has 1 aliphatic rings. The van der Waals surface area contributed by atoms with Gasteiger partial charge in [-0.15, -0.1) is 0 Å². The molecule has 1 fully saturated rings. The summed E-state index contributed by atoms with van der Waals surface area (Å²) in [6.45, 7) is 3.03. The Hall–Kier alpha value is -1.88. The molecule has 0 aromatic heterocycles. The van der Waals surface area contributed by atoms with Gasteiger partial charge < -0.3 is 10.5 Å². The topological polar surface area (TPSA) is 72.6 Å². The zero-order valence-corrected chi connectivity index (χ0v) is 11.7. The average Bonchev–Trinajstić information content (AvgIpc) is 2.67. The normalized spacial score (nSPS) is 18.7. The fraction of sp³-hybridized carbons (Fsp3) is 0.467. The van der Waals surface area contributed by atoms with Crippen LogP contribution in [0.15, 0.2) is 24.3 Å². The molecule has 1 aromatic carbocycles. The van der Waals surface area contributed by atoms with Crippen molar-refractivity contribution >= 4 is 11.8 Å². The number of hydrogen-bond acceptors (Lipinski definition) is 4. The van der Waals surface area contributed by atoms with Crippen LogP contribution in [0.2, 0.25) is 0 Å². The minimum absolute atomic E-state index is 0.100. The van der Waals surface area contributed by atoms with Gasteiger partial charge in [-0.2, -0.15) is 0 Å². The average molecular weight is 276 g/mol. The molecule has 108 valence electrons. The summed E-state index contributed by atoms with van der Waals surface area (Å²) in [6, 6.07) is 7.69. The number of nitrogens with zero attached hydrogens (tertiary/aromatic N) is 1. The highest BCUT2D eigenvalue weighted by atomic mass is 16.5. The van der Waals surface area contributed by atoms with E-state index in [0.717, 1.165) is 12.2 Å². The predicted molar refractivity (Wildman–Crippen MR) is 75.2 cm³/mol. The van der Waals surface area contributed by atoms with Gasteiger partial charge in [0.25, 0.3) is 0 Å². The van der Waals surface area contributed by atoms with Crippen molar-refractivity contribution in [2.45, 2.75) is 19.8 Å².